The molecule has 0 amide bonds. The van der Waals surface area contributed by atoms with Crippen molar-refractivity contribution in [3.05, 3.63) is 35.1 Å². The molecule has 0 saturated heterocycles. The fourth-order valence-electron chi connectivity index (χ4n) is 1.56. The Morgan fingerprint density at radius 2 is 2.00 bits per heavy atom. The number of ether oxygens (including phenoxy) is 1. The van der Waals surface area contributed by atoms with Crippen LogP contribution in [0.5, 0.6) is 0 Å². The third kappa shape index (κ3) is 2.72. The van der Waals surface area contributed by atoms with Gasteiger partial charge < -0.3 is 4.74 Å². The normalized spacial score (nSPS) is 10.6. The van der Waals surface area contributed by atoms with Gasteiger partial charge in [-0.2, -0.15) is 5.26 Å². The molecule has 0 radical (unpaired) electrons. The first-order chi connectivity index (χ1) is 8.29. The van der Waals surface area contributed by atoms with Crippen molar-refractivity contribution in [3.8, 4) is 6.07 Å². The van der Waals surface area contributed by atoms with E-state index in [0.717, 1.165) is 6.07 Å². The minimum absolute atomic E-state index is 0.0937. The average Bonchev–Trinajstić information content (AvgIpc) is 2.26. The quantitative estimate of drug-likeness (QED) is 0.608. The summed E-state index contributed by atoms with van der Waals surface area (Å²) in [4.78, 5) is 23.0. The Kier molecular flexibility index (Phi) is 3.82. The molecular formula is C13H12FNO3. The number of nitrogens with zero attached hydrogens (tertiary/aromatic N) is 1. The topological polar surface area (TPSA) is 67.2 Å². The van der Waals surface area contributed by atoms with Gasteiger partial charge in [0.25, 0.3) is 0 Å². The summed E-state index contributed by atoms with van der Waals surface area (Å²) in [5.74, 6) is -2.01. The highest BCUT2D eigenvalue weighted by Gasteiger charge is 2.33. The highest BCUT2D eigenvalue weighted by atomic mass is 19.1. The molecule has 4 nitrogen and oxygen atoms in total. The first-order valence-electron chi connectivity index (χ1n) is 5.22. The zero-order valence-electron chi connectivity index (χ0n) is 10.3. The van der Waals surface area contributed by atoms with Crippen molar-refractivity contribution in [2.75, 3.05) is 0 Å². The smallest absolute Gasteiger partial charge is 0.303 e. The molecule has 0 heterocycles. The van der Waals surface area contributed by atoms with E-state index in [4.69, 9.17) is 10.00 Å². The van der Waals surface area contributed by atoms with Gasteiger partial charge in [-0.05, 0) is 26.0 Å². The second-order valence-corrected chi connectivity index (χ2v) is 4.21. The van der Waals surface area contributed by atoms with Crippen molar-refractivity contribution >= 4 is 11.8 Å². The second-order valence-electron chi connectivity index (χ2n) is 4.21. The Morgan fingerprint density at radius 1 is 1.39 bits per heavy atom. The zero-order chi connectivity index (χ0) is 13.9. The molecule has 1 aromatic rings. The fraction of sp³-hybridized carbons (Fsp3) is 0.308. The number of hydrogen-bond donors (Lipinski definition) is 0. The van der Waals surface area contributed by atoms with Gasteiger partial charge in [0.2, 0.25) is 5.78 Å². The molecule has 18 heavy (non-hydrogen) atoms. The van der Waals surface area contributed by atoms with E-state index in [9.17, 15) is 14.0 Å². The van der Waals surface area contributed by atoms with E-state index in [1.165, 1.54) is 32.9 Å². The molecule has 0 aliphatic heterocycles. The number of nitriles is 1. The zero-order valence-corrected chi connectivity index (χ0v) is 10.3. The Balaban J connectivity index is 3.24. The van der Waals surface area contributed by atoms with E-state index >= 15 is 0 Å². The number of Topliss-reactive ketones (excluding diaryl/α,β-unsaturated/α-hetero) is 1. The van der Waals surface area contributed by atoms with Gasteiger partial charge in [0.1, 0.15) is 11.9 Å². The third-order valence-corrected chi connectivity index (χ3v) is 2.32. The molecule has 0 saturated carbocycles. The molecule has 0 aromatic heterocycles. The predicted octanol–water partition coefficient (Wildman–Crippen LogP) is 2.22. The summed E-state index contributed by atoms with van der Waals surface area (Å²) >= 11 is 0. The summed E-state index contributed by atoms with van der Waals surface area (Å²) in [5.41, 5.74) is -1.88. The second kappa shape index (κ2) is 4.96. The molecule has 0 aliphatic carbocycles. The molecule has 0 aliphatic rings. The van der Waals surface area contributed by atoms with Crippen LogP contribution in [0.3, 0.4) is 0 Å². The molecule has 0 atom stereocenters. The lowest BCUT2D eigenvalue weighted by atomic mass is 9.93. The Bertz CT molecular complexity index is 544. The van der Waals surface area contributed by atoms with E-state index in [1.807, 2.05) is 0 Å². The van der Waals surface area contributed by atoms with Crippen molar-refractivity contribution in [1.29, 1.82) is 5.26 Å². The predicted molar refractivity (Wildman–Crippen MR) is 61.3 cm³/mol. The van der Waals surface area contributed by atoms with Crippen molar-refractivity contribution in [3.63, 3.8) is 0 Å². The van der Waals surface area contributed by atoms with Crippen molar-refractivity contribution in [1.82, 2.24) is 0 Å². The monoisotopic (exact) mass is 249 g/mol. The van der Waals surface area contributed by atoms with Crippen molar-refractivity contribution in [2.45, 2.75) is 26.4 Å². The van der Waals surface area contributed by atoms with Crippen LogP contribution in [0, 0.1) is 17.1 Å². The number of benzene rings is 1. The van der Waals surface area contributed by atoms with E-state index in [2.05, 4.69) is 0 Å². The van der Waals surface area contributed by atoms with Crippen LogP contribution in [0.1, 0.15) is 36.7 Å². The molecule has 0 fully saturated rings. The average molecular weight is 249 g/mol. The maximum absolute atomic E-state index is 13.4. The van der Waals surface area contributed by atoms with Crippen LogP contribution in [-0.2, 0) is 9.53 Å². The molecule has 0 N–H and O–H groups in total. The number of ketones is 1. The minimum atomic E-state index is -1.44. The fourth-order valence-corrected chi connectivity index (χ4v) is 1.56. The van der Waals surface area contributed by atoms with Crippen LogP contribution in [0.4, 0.5) is 4.39 Å². The van der Waals surface area contributed by atoms with Crippen LogP contribution >= 0.6 is 0 Å². The number of rotatable bonds is 3. The van der Waals surface area contributed by atoms with Gasteiger partial charge in [-0.1, -0.05) is 6.07 Å². The van der Waals surface area contributed by atoms with E-state index < -0.39 is 23.2 Å². The molecule has 1 rings (SSSR count). The summed E-state index contributed by atoms with van der Waals surface area (Å²) < 4.78 is 18.3. The Hall–Kier alpha value is -2.22. The summed E-state index contributed by atoms with van der Waals surface area (Å²) in [6.45, 7) is 3.96. The summed E-state index contributed by atoms with van der Waals surface area (Å²) in [5, 5.41) is 8.85. The van der Waals surface area contributed by atoms with Crippen LogP contribution in [0.25, 0.3) is 0 Å². The van der Waals surface area contributed by atoms with Gasteiger partial charge in [0.05, 0.1) is 5.56 Å². The number of halogens is 1. The molecule has 0 unspecified atom stereocenters. The molecule has 0 spiro atoms. The van der Waals surface area contributed by atoms with Gasteiger partial charge in [-0.25, -0.2) is 4.39 Å². The molecule has 1 aromatic carbocycles. The number of hydrogen-bond acceptors (Lipinski definition) is 4. The third-order valence-electron chi connectivity index (χ3n) is 2.32. The van der Waals surface area contributed by atoms with E-state index in [1.54, 1.807) is 6.07 Å². The lowest BCUT2D eigenvalue weighted by molar-refractivity contribution is -0.149. The van der Waals surface area contributed by atoms with Crippen LogP contribution in [0.2, 0.25) is 0 Å². The SMILES string of the molecule is CC(=O)OC(C)(C)C(=O)c1cccc(F)c1C#N. The van der Waals surface area contributed by atoms with Crippen LogP contribution in [0.15, 0.2) is 18.2 Å². The Labute approximate surface area is 104 Å². The van der Waals surface area contributed by atoms with Gasteiger partial charge in [-0.3, -0.25) is 9.59 Å². The first-order valence-corrected chi connectivity index (χ1v) is 5.22. The van der Waals surface area contributed by atoms with Gasteiger partial charge in [0, 0.05) is 12.5 Å². The molecule has 0 bridgehead atoms. The van der Waals surface area contributed by atoms with Crippen molar-refractivity contribution in [2.24, 2.45) is 0 Å². The Morgan fingerprint density at radius 3 is 2.50 bits per heavy atom. The highest BCUT2D eigenvalue weighted by Crippen LogP contribution is 2.21. The number of esters is 1. The molecule has 94 valence electrons. The summed E-state index contributed by atoms with van der Waals surface area (Å²) in [6, 6.07) is 5.38. The molecule has 5 heteroatoms. The largest absolute Gasteiger partial charge is 0.451 e. The van der Waals surface area contributed by atoms with Crippen LogP contribution in [-0.4, -0.2) is 17.4 Å². The summed E-state index contributed by atoms with van der Waals surface area (Å²) in [7, 11) is 0. The van der Waals surface area contributed by atoms with Crippen molar-refractivity contribution < 1.29 is 18.7 Å². The lowest BCUT2D eigenvalue weighted by Crippen LogP contribution is -2.37. The van der Waals surface area contributed by atoms with Crippen LogP contribution < -0.4 is 0 Å². The van der Waals surface area contributed by atoms with E-state index in [-0.39, 0.29) is 11.1 Å². The van der Waals surface area contributed by atoms with Gasteiger partial charge in [0.15, 0.2) is 5.60 Å². The van der Waals surface area contributed by atoms with Gasteiger partial charge in [-0.15, -0.1) is 0 Å². The highest BCUT2D eigenvalue weighted by molar-refractivity contribution is 6.04. The molecular weight excluding hydrogens is 237 g/mol. The minimum Gasteiger partial charge on any atom is -0.451 e. The number of carbonyl (C=O) groups excluding carboxylic acids is 2. The first kappa shape index (κ1) is 13.8. The van der Waals surface area contributed by atoms with E-state index in [0.29, 0.717) is 0 Å². The maximum atomic E-state index is 13.4. The maximum Gasteiger partial charge on any atom is 0.303 e. The summed E-state index contributed by atoms with van der Waals surface area (Å²) in [6.07, 6.45) is 0. The standard InChI is InChI=1S/C13H12FNO3/c1-8(16)18-13(2,3)12(17)9-5-4-6-11(14)10(9)7-15/h4-6H,1-3H3. The lowest BCUT2D eigenvalue weighted by Gasteiger charge is -2.23. The number of carbonyl (C=O) groups is 2. The van der Waals surface area contributed by atoms with Gasteiger partial charge >= 0.3 is 5.97 Å².